The van der Waals surface area contributed by atoms with Crippen molar-refractivity contribution in [2.24, 2.45) is 14.1 Å². The summed E-state index contributed by atoms with van der Waals surface area (Å²) in [7, 11) is 3.14. The van der Waals surface area contributed by atoms with E-state index in [0.717, 1.165) is 10.3 Å². The summed E-state index contributed by atoms with van der Waals surface area (Å²) in [6.07, 6.45) is 0. The largest absolute Gasteiger partial charge is 0.330 e. The molecule has 4 nitrogen and oxygen atoms in total. The van der Waals surface area contributed by atoms with E-state index in [2.05, 4.69) is 0 Å². The van der Waals surface area contributed by atoms with Crippen LogP contribution in [0.1, 0.15) is 18.7 Å². The van der Waals surface area contributed by atoms with Gasteiger partial charge >= 0.3 is 5.69 Å². The fourth-order valence-corrected chi connectivity index (χ4v) is 1.11. The third-order valence-corrected chi connectivity index (χ3v) is 2.25. The predicted molar refractivity (Wildman–Crippen MR) is 53.1 cm³/mol. The third-order valence-electron chi connectivity index (χ3n) is 2.25. The van der Waals surface area contributed by atoms with Crippen LogP contribution in [0.25, 0.3) is 0 Å². The molecule has 0 aliphatic carbocycles. The van der Waals surface area contributed by atoms with Gasteiger partial charge in [-0.3, -0.25) is 9.36 Å². The maximum atomic E-state index is 11.3. The first-order chi connectivity index (χ1) is 5.46. The third kappa shape index (κ3) is 1.56. The molecule has 0 atom stereocenters. The Hall–Kier alpha value is -1.32. The smallest absolute Gasteiger partial charge is 0.301 e. The summed E-state index contributed by atoms with van der Waals surface area (Å²) in [4.78, 5) is 22.6. The van der Waals surface area contributed by atoms with Crippen LogP contribution in [0, 0.1) is 13.8 Å². The Morgan fingerprint density at radius 3 is 1.92 bits per heavy atom. The van der Waals surface area contributed by atoms with E-state index in [9.17, 15) is 9.59 Å². The van der Waals surface area contributed by atoms with Crippen molar-refractivity contribution in [3.8, 4) is 0 Å². The van der Waals surface area contributed by atoms with Crippen molar-refractivity contribution in [2.45, 2.75) is 21.3 Å². The zero-order valence-electron chi connectivity index (χ0n) is 7.71. The van der Waals surface area contributed by atoms with E-state index in [-0.39, 0.29) is 18.7 Å². The van der Waals surface area contributed by atoms with Gasteiger partial charge in [-0.2, -0.15) is 0 Å². The van der Waals surface area contributed by atoms with E-state index in [1.807, 2.05) is 0 Å². The highest BCUT2D eigenvalue weighted by Gasteiger charge is 2.06. The monoisotopic (exact) mass is 184 g/mol. The van der Waals surface area contributed by atoms with Gasteiger partial charge in [-0.25, -0.2) is 4.79 Å². The van der Waals surface area contributed by atoms with E-state index >= 15 is 0 Å². The van der Waals surface area contributed by atoms with Gasteiger partial charge in [-0.1, -0.05) is 7.43 Å². The summed E-state index contributed by atoms with van der Waals surface area (Å²) in [5.74, 6) is 0. The molecule has 0 amide bonds. The van der Waals surface area contributed by atoms with Gasteiger partial charge in [0.25, 0.3) is 5.56 Å². The van der Waals surface area contributed by atoms with E-state index in [1.165, 1.54) is 11.6 Å². The van der Waals surface area contributed by atoms with Crippen molar-refractivity contribution < 1.29 is 0 Å². The molecular weight excluding hydrogens is 168 g/mol. The summed E-state index contributed by atoms with van der Waals surface area (Å²) in [5.41, 5.74) is 0.862. The molecule has 0 saturated heterocycles. The van der Waals surface area contributed by atoms with Crippen LogP contribution in [0.3, 0.4) is 0 Å². The molecule has 0 bridgehead atoms. The molecule has 0 N–H and O–H groups in total. The zero-order chi connectivity index (χ0) is 9.46. The molecule has 1 aromatic heterocycles. The summed E-state index contributed by atoms with van der Waals surface area (Å²) < 4.78 is 2.58. The molecule has 0 aliphatic rings. The molecule has 13 heavy (non-hydrogen) atoms. The predicted octanol–water partition coefficient (Wildman–Crippen LogP) is 0.337. The van der Waals surface area contributed by atoms with Crippen molar-refractivity contribution >= 4 is 0 Å². The van der Waals surface area contributed by atoms with Gasteiger partial charge < -0.3 is 4.57 Å². The standard InChI is InChI=1S/C8H12N2O2.CH4/c1-5-6(2)9(3)8(12)10(4)7(5)11;/h1-4H3;1H4. The summed E-state index contributed by atoms with van der Waals surface area (Å²) in [6, 6.07) is 0. The first kappa shape index (κ1) is 11.7. The molecule has 0 aliphatic heterocycles. The Bertz CT molecular complexity index is 389. The van der Waals surface area contributed by atoms with E-state index in [4.69, 9.17) is 0 Å². The Morgan fingerprint density at radius 2 is 1.46 bits per heavy atom. The number of hydrogen-bond acceptors (Lipinski definition) is 2. The number of aromatic nitrogens is 2. The van der Waals surface area contributed by atoms with Crippen molar-refractivity contribution in [3.05, 3.63) is 32.1 Å². The van der Waals surface area contributed by atoms with Gasteiger partial charge in [0.2, 0.25) is 0 Å². The second-order valence-electron chi connectivity index (χ2n) is 2.92. The molecule has 1 rings (SSSR count). The van der Waals surface area contributed by atoms with Crippen LogP contribution < -0.4 is 11.2 Å². The highest BCUT2D eigenvalue weighted by Crippen LogP contribution is 1.93. The van der Waals surface area contributed by atoms with Crippen molar-refractivity contribution in [1.29, 1.82) is 0 Å². The quantitative estimate of drug-likeness (QED) is 0.583. The highest BCUT2D eigenvalue weighted by molar-refractivity contribution is 5.13. The maximum absolute atomic E-state index is 11.3. The average molecular weight is 184 g/mol. The van der Waals surface area contributed by atoms with Crippen LogP contribution in [0.4, 0.5) is 0 Å². The average Bonchev–Trinajstić information content (AvgIpc) is 2.08. The Morgan fingerprint density at radius 1 is 1.00 bits per heavy atom. The summed E-state index contributed by atoms with van der Waals surface area (Å²) in [5, 5.41) is 0. The van der Waals surface area contributed by atoms with Crippen molar-refractivity contribution in [2.75, 3.05) is 0 Å². The minimum Gasteiger partial charge on any atom is -0.301 e. The lowest BCUT2D eigenvalue weighted by Gasteiger charge is -2.07. The van der Waals surface area contributed by atoms with Gasteiger partial charge in [-0.15, -0.1) is 0 Å². The highest BCUT2D eigenvalue weighted by atomic mass is 16.2. The van der Waals surface area contributed by atoms with Crippen molar-refractivity contribution in [1.82, 2.24) is 9.13 Å². The molecular formula is C9H16N2O2. The second kappa shape index (κ2) is 3.60. The first-order valence-corrected chi connectivity index (χ1v) is 3.70. The molecule has 0 radical (unpaired) electrons. The van der Waals surface area contributed by atoms with E-state index in [0.29, 0.717) is 5.56 Å². The maximum Gasteiger partial charge on any atom is 0.330 e. The normalized spacial score (nSPS) is 9.54. The molecule has 1 heterocycles. The lowest BCUT2D eigenvalue weighted by atomic mass is 10.2. The SMILES string of the molecule is C.Cc1c(C)n(C)c(=O)n(C)c1=O. The van der Waals surface area contributed by atoms with Crippen LogP contribution in [0.15, 0.2) is 9.59 Å². The molecule has 74 valence electrons. The van der Waals surface area contributed by atoms with Gasteiger partial charge in [0.1, 0.15) is 0 Å². The van der Waals surface area contributed by atoms with E-state index < -0.39 is 0 Å². The van der Waals surface area contributed by atoms with Crippen LogP contribution in [0.2, 0.25) is 0 Å². The number of nitrogens with zero attached hydrogens (tertiary/aromatic N) is 2. The lowest BCUT2D eigenvalue weighted by Crippen LogP contribution is -2.39. The number of hydrogen-bond donors (Lipinski definition) is 0. The van der Waals surface area contributed by atoms with Gasteiger partial charge in [0, 0.05) is 25.4 Å². The second-order valence-corrected chi connectivity index (χ2v) is 2.92. The minimum atomic E-state index is -0.275. The molecule has 1 aromatic rings. The van der Waals surface area contributed by atoms with Crippen LogP contribution in [-0.2, 0) is 14.1 Å². The molecule has 0 unspecified atom stereocenters. The Kier molecular flexibility index (Phi) is 3.23. The van der Waals surface area contributed by atoms with Gasteiger partial charge in [0.05, 0.1) is 0 Å². The lowest BCUT2D eigenvalue weighted by molar-refractivity contribution is 0.658. The molecule has 0 fully saturated rings. The molecule has 0 aromatic carbocycles. The molecule has 0 spiro atoms. The first-order valence-electron chi connectivity index (χ1n) is 3.70. The van der Waals surface area contributed by atoms with Gasteiger partial charge in [-0.05, 0) is 13.8 Å². The Labute approximate surface area is 77.4 Å². The minimum absolute atomic E-state index is 0. The number of rotatable bonds is 0. The topological polar surface area (TPSA) is 44.0 Å². The summed E-state index contributed by atoms with van der Waals surface area (Å²) in [6.45, 7) is 3.48. The Balaban J connectivity index is 0.00000144. The van der Waals surface area contributed by atoms with Crippen LogP contribution in [0.5, 0.6) is 0 Å². The van der Waals surface area contributed by atoms with E-state index in [1.54, 1.807) is 20.9 Å². The molecule has 4 heteroatoms. The summed E-state index contributed by atoms with van der Waals surface area (Å²) >= 11 is 0. The zero-order valence-corrected chi connectivity index (χ0v) is 7.71. The fourth-order valence-electron chi connectivity index (χ4n) is 1.11. The fraction of sp³-hybridized carbons (Fsp3) is 0.556. The van der Waals surface area contributed by atoms with Crippen molar-refractivity contribution in [3.63, 3.8) is 0 Å². The molecule has 0 saturated carbocycles. The van der Waals surface area contributed by atoms with Gasteiger partial charge in [0.15, 0.2) is 0 Å². The van der Waals surface area contributed by atoms with Crippen LogP contribution in [-0.4, -0.2) is 9.13 Å². The van der Waals surface area contributed by atoms with Crippen LogP contribution >= 0.6 is 0 Å².